The summed E-state index contributed by atoms with van der Waals surface area (Å²) in [6, 6.07) is 14.1. The molecule has 6 nitrogen and oxygen atoms in total. The van der Waals surface area contributed by atoms with Gasteiger partial charge in [0.05, 0.1) is 12.8 Å². The number of amides is 2. The van der Waals surface area contributed by atoms with E-state index in [1.807, 2.05) is 6.92 Å². The lowest BCUT2D eigenvalue weighted by Gasteiger charge is -2.30. The lowest BCUT2D eigenvalue weighted by atomic mass is 10.2. The third-order valence-electron chi connectivity index (χ3n) is 4.14. The average Bonchev–Trinajstić information content (AvgIpc) is 2.68. The molecule has 1 aliphatic rings. The van der Waals surface area contributed by atoms with Gasteiger partial charge in [-0.3, -0.25) is 14.5 Å². The molecular formula is C20H20ClN3O3S. The molecule has 1 fully saturated rings. The van der Waals surface area contributed by atoms with Crippen molar-refractivity contribution in [2.75, 3.05) is 19.0 Å². The van der Waals surface area contributed by atoms with Crippen molar-refractivity contribution in [2.45, 2.75) is 18.6 Å². The van der Waals surface area contributed by atoms with Crippen LogP contribution in [0.15, 0.2) is 53.5 Å². The maximum atomic E-state index is 12.7. The van der Waals surface area contributed by atoms with Crippen molar-refractivity contribution in [1.82, 2.24) is 4.90 Å². The van der Waals surface area contributed by atoms with Crippen LogP contribution in [-0.4, -0.2) is 40.8 Å². The van der Waals surface area contributed by atoms with E-state index in [1.165, 1.54) is 11.8 Å². The molecule has 2 amide bonds. The first-order chi connectivity index (χ1) is 13.5. The zero-order valence-corrected chi connectivity index (χ0v) is 17.1. The number of nitrogens with one attached hydrogen (secondary N) is 1. The van der Waals surface area contributed by atoms with Gasteiger partial charge in [-0.1, -0.05) is 29.4 Å². The van der Waals surface area contributed by atoms with Crippen LogP contribution in [0.25, 0.3) is 0 Å². The van der Waals surface area contributed by atoms with Gasteiger partial charge in [0.1, 0.15) is 11.0 Å². The van der Waals surface area contributed by atoms with Gasteiger partial charge in [0.2, 0.25) is 11.8 Å². The number of thioether (sulfide) groups is 1. The number of aliphatic imine (C=N–C) groups is 1. The van der Waals surface area contributed by atoms with Crippen LogP contribution in [0, 0.1) is 0 Å². The Morgan fingerprint density at radius 3 is 2.71 bits per heavy atom. The third-order valence-corrected chi connectivity index (χ3v) is 5.56. The van der Waals surface area contributed by atoms with E-state index in [2.05, 4.69) is 10.3 Å². The molecule has 1 aliphatic heterocycles. The molecule has 0 aromatic heterocycles. The topological polar surface area (TPSA) is 71.0 Å². The summed E-state index contributed by atoms with van der Waals surface area (Å²) in [6.07, 6.45) is 0.120. The fraction of sp³-hybridized carbons (Fsp3) is 0.250. The number of ether oxygens (including phenoxy) is 1. The first kappa shape index (κ1) is 20.2. The Balaban J connectivity index is 1.78. The van der Waals surface area contributed by atoms with E-state index >= 15 is 0 Å². The van der Waals surface area contributed by atoms with Gasteiger partial charge in [-0.05, 0) is 49.4 Å². The molecule has 0 spiro atoms. The fourth-order valence-corrected chi connectivity index (χ4v) is 4.05. The Morgan fingerprint density at radius 2 is 2.07 bits per heavy atom. The Labute approximate surface area is 172 Å². The monoisotopic (exact) mass is 417 g/mol. The zero-order chi connectivity index (χ0) is 20.1. The molecule has 0 unspecified atom stereocenters. The van der Waals surface area contributed by atoms with Gasteiger partial charge in [-0.2, -0.15) is 0 Å². The van der Waals surface area contributed by atoms with Gasteiger partial charge in [0, 0.05) is 23.7 Å². The number of amidine groups is 1. The largest absolute Gasteiger partial charge is 0.497 e. The van der Waals surface area contributed by atoms with E-state index in [-0.39, 0.29) is 18.2 Å². The molecule has 146 valence electrons. The van der Waals surface area contributed by atoms with E-state index in [4.69, 9.17) is 16.3 Å². The third kappa shape index (κ3) is 4.85. The molecular weight excluding hydrogens is 398 g/mol. The summed E-state index contributed by atoms with van der Waals surface area (Å²) in [5.41, 5.74) is 1.28. The molecule has 0 radical (unpaired) electrons. The SMILES string of the molecule is CCN1C(=O)C[C@H](C(=O)Nc2ccc(OC)cc2)SC1=Nc1cccc(Cl)c1. The predicted molar refractivity (Wildman–Crippen MR) is 114 cm³/mol. The highest BCUT2D eigenvalue weighted by Gasteiger charge is 2.35. The number of carbonyl (C=O) groups is 2. The molecule has 0 aliphatic carbocycles. The second-order valence-corrected chi connectivity index (χ2v) is 7.65. The van der Waals surface area contributed by atoms with Crippen molar-refractivity contribution in [1.29, 1.82) is 0 Å². The Bertz CT molecular complexity index is 902. The second-order valence-electron chi connectivity index (χ2n) is 6.04. The molecule has 1 atom stereocenters. The molecule has 1 heterocycles. The summed E-state index contributed by atoms with van der Waals surface area (Å²) in [4.78, 5) is 31.4. The van der Waals surface area contributed by atoms with Crippen LogP contribution in [0.1, 0.15) is 13.3 Å². The predicted octanol–water partition coefficient (Wildman–Crippen LogP) is 4.33. The van der Waals surface area contributed by atoms with Gasteiger partial charge in [-0.15, -0.1) is 0 Å². The van der Waals surface area contributed by atoms with Crippen LogP contribution in [0.4, 0.5) is 11.4 Å². The number of rotatable bonds is 5. The number of benzene rings is 2. The summed E-state index contributed by atoms with van der Waals surface area (Å²) in [6.45, 7) is 2.36. The first-order valence-corrected chi connectivity index (χ1v) is 10.0. The number of hydrogen-bond acceptors (Lipinski definition) is 5. The standard InChI is InChI=1S/C20H20ClN3O3S/c1-3-24-18(25)12-17(19(26)22-14-7-9-16(27-2)10-8-14)28-20(24)23-15-6-4-5-13(21)11-15/h4-11,17H,3,12H2,1-2H3,(H,22,26)/t17-/m1/s1. The highest BCUT2D eigenvalue weighted by molar-refractivity contribution is 8.15. The molecule has 1 saturated heterocycles. The van der Waals surface area contributed by atoms with Gasteiger partial charge in [0.15, 0.2) is 5.17 Å². The lowest BCUT2D eigenvalue weighted by molar-refractivity contribution is -0.129. The van der Waals surface area contributed by atoms with Gasteiger partial charge >= 0.3 is 0 Å². The van der Waals surface area contributed by atoms with E-state index in [9.17, 15) is 9.59 Å². The number of nitrogens with zero attached hydrogens (tertiary/aromatic N) is 2. The van der Waals surface area contributed by atoms with Crippen LogP contribution in [0.2, 0.25) is 5.02 Å². The van der Waals surface area contributed by atoms with E-state index in [0.29, 0.717) is 33.9 Å². The zero-order valence-electron chi connectivity index (χ0n) is 15.5. The summed E-state index contributed by atoms with van der Waals surface area (Å²) >= 11 is 7.30. The number of anilines is 1. The normalized spacial score (nSPS) is 18.2. The molecule has 3 rings (SSSR count). The highest BCUT2D eigenvalue weighted by Crippen LogP contribution is 2.30. The summed E-state index contributed by atoms with van der Waals surface area (Å²) in [7, 11) is 1.58. The number of carbonyl (C=O) groups excluding carboxylic acids is 2. The second kappa shape index (κ2) is 9.12. The molecule has 2 aromatic rings. The number of hydrogen-bond donors (Lipinski definition) is 1. The summed E-state index contributed by atoms with van der Waals surface area (Å²) in [5, 5.41) is 3.34. The van der Waals surface area contributed by atoms with E-state index < -0.39 is 5.25 Å². The maximum Gasteiger partial charge on any atom is 0.238 e. The Morgan fingerprint density at radius 1 is 1.32 bits per heavy atom. The molecule has 0 bridgehead atoms. The van der Waals surface area contributed by atoms with Crippen LogP contribution < -0.4 is 10.1 Å². The van der Waals surface area contributed by atoms with Crippen LogP contribution >= 0.6 is 23.4 Å². The smallest absolute Gasteiger partial charge is 0.238 e. The Hall–Kier alpha value is -2.51. The average molecular weight is 418 g/mol. The summed E-state index contributed by atoms with van der Waals surface area (Å²) in [5.74, 6) is 0.338. The van der Waals surface area contributed by atoms with Gasteiger partial charge in [-0.25, -0.2) is 4.99 Å². The van der Waals surface area contributed by atoms with Crippen molar-refractivity contribution in [3.8, 4) is 5.75 Å². The quantitative estimate of drug-likeness (QED) is 0.786. The maximum absolute atomic E-state index is 12.7. The minimum Gasteiger partial charge on any atom is -0.497 e. The molecule has 28 heavy (non-hydrogen) atoms. The number of halogens is 1. The lowest BCUT2D eigenvalue weighted by Crippen LogP contribution is -2.45. The molecule has 0 saturated carbocycles. The van der Waals surface area contributed by atoms with Crippen molar-refractivity contribution >= 4 is 51.7 Å². The number of methoxy groups -OCH3 is 1. The summed E-state index contributed by atoms with van der Waals surface area (Å²) < 4.78 is 5.12. The van der Waals surface area contributed by atoms with Gasteiger partial charge in [0.25, 0.3) is 0 Å². The van der Waals surface area contributed by atoms with Crippen LogP contribution in [-0.2, 0) is 9.59 Å². The Kier molecular flexibility index (Phi) is 6.59. The minimum atomic E-state index is -0.560. The van der Waals surface area contributed by atoms with Crippen molar-refractivity contribution < 1.29 is 14.3 Å². The minimum absolute atomic E-state index is 0.120. The van der Waals surface area contributed by atoms with Crippen molar-refractivity contribution in [2.24, 2.45) is 4.99 Å². The van der Waals surface area contributed by atoms with Gasteiger partial charge < -0.3 is 10.1 Å². The van der Waals surface area contributed by atoms with Crippen LogP contribution in [0.5, 0.6) is 5.75 Å². The van der Waals surface area contributed by atoms with E-state index in [0.717, 1.165) is 0 Å². The highest BCUT2D eigenvalue weighted by atomic mass is 35.5. The molecule has 8 heteroatoms. The van der Waals surface area contributed by atoms with Crippen molar-refractivity contribution in [3.05, 3.63) is 53.6 Å². The first-order valence-electron chi connectivity index (χ1n) is 8.76. The van der Waals surface area contributed by atoms with Crippen LogP contribution in [0.3, 0.4) is 0 Å². The van der Waals surface area contributed by atoms with E-state index in [1.54, 1.807) is 60.5 Å². The van der Waals surface area contributed by atoms with Crippen molar-refractivity contribution in [3.63, 3.8) is 0 Å². The fourth-order valence-electron chi connectivity index (χ4n) is 2.71. The molecule has 2 aromatic carbocycles. The molecule has 1 N–H and O–H groups in total.